The molecule has 0 spiro atoms. The van der Waals surface area contributed by atoms with E-state index in [0.717, 1.165) is 24.3 Å². The summed E-state index contributed by atoms with van der Waals surface area (Å²) >= 11 is 0. The molecule has 2 heterocycles. The number of carbonyl (C=O) groups excluding carboxylic acids is 1. The molecular formula is C32H32F6N4O6. The average Bonchev–Trinajstić information content (AvgIpc) is 3.65. The summed E-state index contributed by atoms with van der Waals surface area (Å²) in [6.07, 6.45) is -6.33. The van der Waals surface area contributed by atoms with Crippen LogP contribution in [0, 0.1) is 0 Å². The second kappa shape index (κ2) is 14.4. The van der Waals surface area contributed by atoms with Crippen molar-refractivity contribution >= 4 is 24.2 Å². The number of aliphatic imine (C=N–C) groups is 1. The Morgan fingerprint density at radius 1 is 1.08 bits per heavy atom. The number of amides is 2. The van der Waals surface area contributed by atoms with Crippen molar-refractivity contribution in [1.29, 1.82) is 0 Å². The molecule has 1 fully saturated rings. The minimum absolute atomic E-state index is 0.0697. The number of ether oxygens (including phenoxy) is 2. The largest absolute Gasteiger partial charge is 0.493 e. The van der Waals surface area contributed by atoms with E-state index in [1.165, 1.54) is 35.4 Å². The lowest BCUT2D eigenvalue weighted by Gasteiger charge is -2.26. The highest BCUT2D eigenvalue weighted by Crippen LogP contribution is 2.40. The van der Waals surface area contributed by atoms with E-state index in [-0.39, 0.29) is 42.7 Å². The molecule has 1 unspecified atom stereocenters. The number of rotatable bonds is 7. The van der Waals surface area contributed by atoms with Gasteiger partial charge in [-0.1, -0.05) is 24.3 Å². The van der Waals surface area contributed by atoms with Gasteiger partial charge in [0.25, 0.3) is 0 Å². The fraction of sp³-hybridized carbons (Fsp3) is 0.375. The lowest BCUT2D eigenvalue weighted by atomic mass is 10.1. The number of alkyl carbamates (subject to hydrolysis) is 1. The summed E-state index contributed by atoms with van der Waals surface area (Å²) in [6, 6.07) is 7.13. The molecule has 258 valence electrons. The number of nitrogens with one attached hydrogen (secondary N) is 1. The standard InChI is InChI=1S/C32H32F6N4O6/c1-30(2,3)48-29(45)41-27(40-28(43)44)42-15-6-8-24(42)26-39-23(18-47-26)20-11-14-25(22(17-20)32(36,37)38)46-16-5-4-7-19-9-12-21(13-10-19)31(33,34)35/h4,7,9-14,17-18,24H,5-6,8,15-16H2,1-3H3,(H,43,44)(H,40,41,45)/b7-4+. The topological polar surface area (TPSA) is 126 Å². The van der Waals surface area contributed by atoms with Gasteiger partial charge in [-0.25, -0.2) is 14.6 Å². The van der Waals surface area contributed by atoms with Crippen LogP contribution in [0.1, 0.15) is 68.7 Å². The number of halogens is 6. The van der Waals surface area contributed by atoms with Crippen LogP contribution in [-0.4, -0.2) is 51.9 Å². The number of aromatic nitrogens is 1. The molecule has 1 aliphatic rings. The van der Waals surface area contributed by atoms with Crippen molar-refractivity contribution < 1.29 is 54.9 Å². The average molecular weight is 683 g/mol. The third-order valence-corrected chi connectivity index (χ3v) is 6.82. The quantitative estimate of drug-likeness (QED) is 0.110. The maximum atomic E-state index is 14.0. The minimum atomic E-state index is -4.79. The maximum Gasteiger partial charge on any atom is 0.434 e. The van der Waals surface area contributed by atoms with Gasteiger partial charge in [0.1, 0.15) is 29.3 Å². The Morgan fingerprint density at radius 2 is 1.79 bits per heavy atom. The van der Waals surface area contributed by atoms with Crippen molar-refractivity contribution in [3.63, 3.8) is 0 Å². The fourth-order valence-corrected chi connectivity index (χ4v) is 4.78. The number of guanidine groups is 1. The zero-order valence-corrected chi connectivity index (χ0v) is 26.0. The van der Waals surface area contributed by atoms with Crippen LogP contribution in [0.15, 0.2) is 64.2 Å². The second-order valence-corrected chi connectivity index (χ2v) is 11.6. The van der Waals surface area contributed by atoms with Gasteiger partial charge in [0, 0.05) is 12.1 Å². The van der Waals surface area contributed by atoms with Crippen molar-refractivity contribution in [3.05, 3.63) is 77.4 Å². The van der Waals surface area contributed by atoms with Crippen LogP contribution in [0.25, 0.3) is 17.3 Å². The lowest BCUT2D eigenvalue weighted by Crippen LogP contribution is -2.46. The van der Waals surface area contributed by atoms with Crippen LogP contribution in [0.3, 0.4) is 0 Å². The number of nitrogens with zero attached hydrogens (tertiary/aromatic N) is 3. The zero-order chi connectivity index (χ0) is 35.3. The first-order valence-electron chi connectivity index (χ1n) is 14.6. The second-order valence-electron chi connectivity index (χ2n) is 11.6. The summed E-state index contributed by atoms with van der Waals surface area (Å²) in [6.45, 7) is 5.02. The summed E-state index contributed by atoms with van der Waals surface area (Å²) in [5.74, 6) is -0.669. The fourth-order valence-electron chi connectivity index (χ4n) is 4.78. The van der Waals surface area contributed by atoms with Gasteiger partial charge in [-0.05, 0) is 75.9 Å². The number of hydrogen-bond acceptors (Lipinski definition) is 6. The summed E-state index contributed by atoms with van der Waals surface area (Å²) in [5, 5.41) is 11.6. The van der Waals surface area contributed by atoms with Gasteiger partial charge >= 0.3 is 24.5 Å². The molecular weight excluding hydrogens is 650 g/mol. The van der Waals surface area contributed by atoms with E-state index in [0.29, 0.717) is 18.4 Å². The van der Waals surface area contributed by atoms with Crippen LogP contribution in [-0.2, 0) is 17.1 Å². The number of carboxylic acid groups (broad SMARTS) is 1. The Morgan fingerprint density at radius 3 is 2.42 bits per heavy atom. The Kier molecular flexibility index (Phi) is 10.7. The molecule has 2 N–H and O–H groups in total. The third-order valence-electron chi connectivity index (χ3n) is 6.82. The number of alkyl halides is 6. The number of benzene rings is 2. The van der Waals surface area contributed by atoms with Gasteiger partial charge in [0.05, 0.1) is 17.7 Å². The van der Waals surface area contributed by atoms with Gasteiger partial charge in [-0.15, -0.1) is 4.99 Å². The first-order chi connectivity index (χ1) is 22.4. The Labute approximate surface area is 271 Å². The number of likely N-dealkylation sites (tertiary alicyclic amines) is 1. The molecule has 4 rings (SSSR count). The Hall–Kier alpha value is -5.02. The van der Waals surface area contributed by atoms with Crippen LogP contribution in [0.5, 0.6) is 5.75 Å². The molecule has 2 aromatic carbocycles. The summed E-state index contributed by atoms with van der Waals surface area (Å²) < 4.78 is 96.5. The molecule has 1 atom stereocenters. The lowest BCUT2D eigenvalue weighted by molar-refractivity contribution is -0.139. The predicted octanol–water partition coefficient (Wildman–Crippen LogP) is 8.56. The van der Waals surface area contributed by atoms with Crippen molar-refractivity contribution in [2.75, 3.05) is 13.2 Å². The molecule has 16 heteroatoms. The zero-order valence-electron chi connectivity index (χ0n) is 26.0. The van der Waals surface area contributed by atoms with E-state index >= 15 is 0 Å². The molecule has 1 saturated heterocycles. The SMILES string of the molecule is CC(C)(C)OC(=O)NC(=NC(=O)O)N1CCCC1c1nc(-c2ccc(OCC/C=C/c3ccc(C(F)(F)F)cc3)c(C(F)(F)F)c2)co1. The highest BCUT2D eigenvalue weighted by molar-refractivity contribution is 5.98. The van der Waals surface area contributed by atoms with E-state index in [4.69, 9.17) is 13.9 Å². The molecule has 0 bridgehead atoms. The third kappa shape index (κ3) is 9.75. The molecule has 2 amide bonds. The van der Waals surface area contributed by atoms with Gasteiger partial charge in [0.2, 0.25) is 11.9 Å². The number of oxazole rings is 1. The van der Waals surface area contributed by atoms with Crippen LogP contribution < -0.4 is 10.1 Å². The van der Waals surface area contributed by atoms with Gasteiger partial charge in [-0.2, -0.15) is 26.3 Å². The van der Waals surface area contributed by atoms with E-state index in [2.05, 4.69) is 15.3 Å². The summed E-state index contributed by atoms with van der Waals surface area (Å²) in [4.78, 5) is 33.1. The van der Waals surface area contributed by atoms with Crippen molar-refractivity contribution in [1.82, 2.24) is 15.2 Å². The van der Waals surface area contributed by atoms with Crippen LogP contribution in [0.4, 0.5) is 35.9 Å². The molecule has 48 heavy (non-hydrogen) atoms. The normalized spacial score (nSPS) is 16.0. The molecule has 0 aliphatic carbocycles. The molecule has 0 saturated carbocycles. The molecule has 1 aliphatic heterocycles. The van der Waals surface area contributed by atoms with E-state index in [1.807, 2.05) is 0 Å². The molecule has 3 aromatic rings. The Balaban J connectivity index is 1.46. The summed E-state index contributed by atoms with van der Waals surface area (Å²) in [7, 11) is 0. The van der Waals surface area contributed by atoms with Crippen LogP contribution in [0.2, 0.25) is 0 Å². The van der Waals surface area contributed by atoms with Crippen LogP contribution >= 0.6 is 0 Å². The van der Waals surface area contributed by atoms with Gasteiger partial charge in [0.15, 0.2) is 0 Å². The molecule has 10 nitrogen and oxygen atoms in total. The highest BCUT2D eigenvalue weighted by Gasteiger charge is 2.37. The minimum Gasteiger partial charge on any atom is -0.493 e. The predicted molar refractivity (Wildman–Crippen MR) is 161 cm³/mol. The smallest absolute Gasteiger partial charge is 0.434 e. The van der Waals surface area contributed by atoms with E-state index in [9.17, 15) is 41.0 Å². The van der Waals surface area contributed by atoms with E-state index < -0.39 is 53.1 Å². The van der Waals surface area contributed by atoms with Gasteiger partial charge < -0.3 is 23.9 Å². The monoisotopic (exact) mass is 682 g/mol. The van der Waals surface area contributed by atoms with Crippen molar-refractivity contribution in [2.24, 2.45) is 4.99 Å². The first-order valence-corrected chi connectivity index (χ1v) is 14.6. The molecule has 1 aromatic heterocycles. The Bertz CT molecular complexity index is 1660. The van der Waals surface area contributed by atoms with Crippen molar-refractivity contribution in [2.45, 2.75) is 64.0 Å². The van der Waals surface area contributed by atoms with Gasteiger partial charge in [-0.3, -0.25) is 5.32 Å². The van der Waals surface area contributed by atoms with Crippen molar-refractivity contribution in [3.8, 4) is 17.0 Å². The number of carbonyl (C=O) groups is 2. The molecule has 0 radical (unpaired) electrons. The highest BCUT2D eigenvalue weighted by atomic mass is 19.4. The maximum absolute atomic E-state index is 14.0. The summed E-state index contributed by atoms with van der Waals surface area (Å²) in [5.41, 5.74) is -2.09. The first kappa shape index (κ1) is 35.8. The number of hydrogen-bond donors (Lipinski definition) is 2. The van der Waals surface area contributed by atoms with E-state index in [1.54, 1.807) is 26.8 Å².